The van der Waals surface area contributed by atoms with Gasteiger partial charge in [0.25, 0.3) is 0 Å². The van der Waals surface area contributed by atoms with E-state index in [9.17, 15) is 0 Å². The molecule has 3 heteroatoms. The van der Waals surface area contributed by atoms with E-state index in [0.717, 1.165) is 67.3 Å². The van der Waals surface area contributed by atoms with Crippen molar-refractivity contribution in [2.24, 2.45) is 0 Å². The van der Waals surface area contributed by atoms with E-state index in [-0.39, 0.29) is 5.41 Å². The van der Waals surface area contributed by atoms with Gasteiger partial charge in [-0.05, 0) is 71.1 Å². The summed E-state index contributed by atoms with van der Waals surface area (Å²) in [5.41, 5.74) is 15.0. The highest BCUT2D eigenvalue weighted by atomic mass is 16.3. The van der Waals surface area contributed by atoms with Crippen molar-refractivity contribution in [3.05, 3.63) is 168 Å². The summed E-state index contributed by atoms with van der Waals surface area (Å²) in [5, 5.41) is 5.90. The molecule has 0 spiro atoms. The minimum Gasteiger partial charge on any atom is -0.454 e. The molecular weight excluding hydrogens is 621 g/mol. The molecule has 0 bridgehead atoms. The number of fused-ring (bicyclic) bond motifs is 10. The van der Waals surface area contributed by atoms with E-state index < -0.39 is 0 Å². The monoisotopic (exact) mass is 654 g/mol. The second kappa shape index (κ2) is 10.4. The summed E-state index contributed by atoms with van der Waals surface area (Å²) in [6, 6.07) is 48.0. The third-order valence-electron chi connectivity index (χ3n) is 11.6. The Hall–Kier alpha value is -6.19. The summed E-state index contributed by atoms with van der Waals surface area (Å²) in [6.07, 6.45) is 7.96. The number of rotatable bonds is 3. The van der Waals surface area contributed by atoms with Crippen LogP contribution >= 0.6 is 0 Å². The van der Waals surface area contributed by atoms with Crippen LogP contribution in [0.25, 0.3) is 82.7 Å². The first-order valence-corrected chi connectivity index (χ1v) is 17.9. The Bertz CT molecular complexity index is 2970. The first-order valence-electron chi connectivity index (χ1n) is 17.9. The first kappa shape index (κ1) is 28.6. The zero-order valence-corrected chi connectivity index (χ0v) is 28.5. The van der Waals surface area contributed by atoms with Gasteiger partial charge in [0.2, 0.25) is 0 Å². The van der Waals surface area contributed by atoms with Gasteiger partial charge >= 0.3 is 0 Å². The number of benzene rings is 6. The van der Waals surface area contributed by atoms with Gasteiger partial charge in [-0.15, -0.1) is 0 Å². The largest absolute Gasteiger partial charge is 0.454 e. The lowest BCUT2D eigenvalue weighted by atomic mass is 9.79. The summed E-state index contributed by atoms with van der Waals surface area (Å²) in [5.74, 6) is 0.413. The number of furan rings is 1. The highest BCUT2D eigenvalue weighted by molar-refractivity contribution is 6.18. The van der Waals surface area contributed by atoms with Crippen molar-refractivity contribution < 1.29 is 4.42 Å². The lowest BCUT2D eigenvalue weighted by Gasteiger charge is -2.25. The number of pyridine rings is 1. The van der Waals surface area contributed by atoms with Crippen LogP contribution in [0.15, 0.2) is 162 Å². The average molecular weight is 655 g/mol. The van der Waals surface area contributed by atoms with Crippen LogP contribution in [0.3, 0.4) is 0 Å². The molecule has 6 aromatic carbocycles. The van der Waals surface area contributed by atoms with Crippen molar-refractivity contribution in [1.29, 1.82) is 0 Å². The summed E-state index contributed by atoms with van der Waals surface area (Å²) >= 11 is 0. The quantitative estimate of drug-likeness (QED) is 0.190. The Morgan fingerprint density at radius 3 is 2.37 bits per heavy atom. The highest BCUT2D eigenvalue weighted by Crippen LogP contribution is 2.54. The number of hydrogen-bond acceptors (Lipinski definition) is 2. The van der Waals surface area contributed by atoms with Crippen LogP contribution < -0.4 is 0 Å². The normalized spacial score (nSPS) is 16.4. The van der Waals surface area contributed by atoms with Crippen LogP contribution in [0.2, 0.25) is 0 Å². The van der Waals surface area contributed by atoms with Gasteiger partial charge in [0.15, 0.2) is 5.58 Å². The zero-order chi connectivity index (χ0) is 33.8. The van der Waals surface area contributed by atoms with Crippen LogP contribution in [0.1, 0.15) is 37.3 Å². The molecule has 242 valence electrons. The minimum absolute atomic E-state index is 0.00515. The first-order chi connectivity index (χ1) is 25.1. The predicted octanol–water partition coefficient (Wildman–Crippen LogP) is 12.8. The Kier molecular flexibility index (Phi) is 5.85. The van der Waals surface area contributed by atoms with Crippen molar-refractivity contribution in [1.82, 2.24) is 9.55 Å². The maximum Gasteiger partial charge on any atom is 0.159 e. The number of aromatic nitrogens is 2. The summed E-state index contributed by atoms with van der Waals surface area (Å²) in [7, 11) is 0. The SMILES string of the molecule is CC1(C)C2=CC=CCC2c2cc3c(cc21)c1ccccc1n3-c1cccc2c1oc1cccc(-c3cc(-c4ccccc4)nc4ccccc34)c12. The third kappa shape index (κ3) is 3.97. The van der Waals surface area contributed by atoms with Crippen LogP contribution in [0, 0.1) is 0 Å². The molecule has 9 aromatic rings. The minimum atomic E-state index is -0.00515. The van der Waals surface area contributed by atoms with E-state index in [1.807, 2.05) is 6.07 Å². The van der Waals surface area contributed by atoms with Gasteiger partial charge in [-0.25, -0.2) is 4.98 Å². The topological polar surface area (TPSA) is 31.0 Å². The fourth-order valence-electron chi connectivity index (χ4n) is 9.23. The molecule has 3 aromatic heterocycles. The van der Waals surface area contributed by atoms with Gasteiger partial charge in [-0.3, -0.25) is 0 Å². The smallest absolute Gasteiger partial charge is 0.159 e. The molecule has 0 radical (unpaired) electrons. The van der Waals surface area contributed by atoms with Crippen LogP contribution in [-0.2, 0) is 5.41 Å². The second-order valence-corrected chi connectivity index (χ2v) is 14.6. The molecule has 1 atom stereocenters. The van der Waals surface area contributed by atoms with Gasteiger partial charge in [-0.2, -0.15) is 0 Å². The molecule has 1 unspecified atom stereocenters. The molecule has 3 nitrogen and oxygen atoms in total. The molecule has 3 heterocycles. The average Bonchev–Trinajstić information content (AvgIpc) is 3.80. The fourth-order valence-corrected chi connectivity index (χ4v) is 9.23. The van der Waals surface area contributed by atoms with E-state index in [4.69, 9.17) is 9.40 Å². The van der Waals surface area contributed by atoms with E-state index in [1.54, 1.807) is 0 Å². The van der Waals surface area contributed by atoms with Crippen molar-refractivity contribution in [2.75, 3.05) is 0 Å². The number of nitrogens with zero attached hydrogens (tertiary/aromatic N) is 2. The van der Waals surface area contributed by atoms with E-state index in [1.165, 1.54) is 38.5 Å². The van der Waals surface area contributed by atoms with Crippen LogP contribution in [0.4, 0.5) is 0 Å². The highest BCUT2D eigenvalue weighted by Gasteiger charge is 2.42. The van der Waals surface area contributed by atoms with Gasteiger partial charge in [0, 0.05) is 43.8 Å². The standard InChI is InChI=1S/C48H34N2O/c1-48(2)38-21-9-6-16-30(38)36-28-44-37(26-39(36)48)32-18-8-11-23-42(32)50(44)43-24-12-20-34-46-33(19-13-25-45(46)51-47(34)43)35-27-41(29-14-4-3-5-15-29)49-40-22-10-7-17-31(35)40/h3-15,17-28,30H,16H2,1-2H3. The Morgan fingerprint density at radius 2 is 1.47 bits per heavy atom. The van der Waals surface area contributed by atoms with Crippen molar-refractivity contribution >= 4 is 54.6 Å². The van der Waals surface area contributed by atoms with E-state index in [2.05, 4.69) is 164 Å². The van der Waals surface area contributed by atoms with E-state index >= 15 is 0 Å². The van der Waals surface area contributed by atoms with Crippen molar-refractivity contribution in [3.8, 4) is 28.1 Å². The molecule has 0 saturated carbocycles. The zero-order valence-electron chi connectivity index (χ0n) is 28.5. The van der Waals surface area contributed by atoms with E-state index in [0.29, 0.717) is 5.92 Å². The second-order valence-electron chi connectivity index (χ2n) is 14.6. The molecule has 2 aliphatic rings. The Morgan fingerprint density at radius 1 is 0.686 bits per heavy atom. The number of hydrogen-bond donors (Lipinski definition) is 0. The van der Waals surface area contributed by atoms with Crippen LogP contribution in [-0.4, -0.2) is 9.55 Å². The van der Waals surface area contributed by atoms with Gasteiger partial charge in [0.1, 0.15) is 5.58 Å². The molecule has 0 N–H and O–H groups in total. The Balaban J connectivity index is 1.19. The number of para-hydroxylation sites is 3. The molecule has 2 aliphatic carbocycles. The van der Waals surface area contributed by atoms with Gasteiger partial charge in [0.05, 0.1) is 27.9 Å². The van der Waals surface area contributed by atoms with Gasteiger partial charge < -0.3 is 8.98 Å². The summed E-state index contributed by atoms with van der Waals surface area (Å²) in [4.78, 5) is 5.09. The number of allylic oxidation sites excluding steroid dienone is 4. The molecular formula is C48H34N2O. The fraction of sp³-hybridized carbons (Fsp3) is 0.104. The van der Waals surface area contributed by atoms with Crippen molar-refractivity contribution in [2.45, 2.75) is 31.6 Å². The molecule has 11 rings (SSSR count). The summed E-state index contributed by atoms with van der Waals surface area (Å²) in [6.45, 7) is 4.78. The third-order valence-corrected chi connectivity index (χ3v) is 11.6. The van der Waals surface area contributed by atoms with Crippen molar-refractivity contribution in [3.63, 3.8) is 0 Å². The van der Waals surface area contributed by atoms with Gasteiger partial charge in [-0.1, -0.05) is 129 Å². The lowest BCUT2D eigenvalue weighted by molar-refractivity contribution is 0.613. The summed E-state index contributed by atoms with van der Waals surface area (Å²) < 4.78 is 9.39. The molecule has 0 fully saturated rings. The maximum atomic E-state index is 6.95. The maximum absolute atomic E-state index is 6.95. The molecule has 51 heavy (non-hydrogen) atoms. The van der Waals surface area contributed by atoms with Crippen LogP contribution in [0.5, 0.6) is 0 Å². The Labute approximate surface area is 295 Å². The molecule has 0 amide bonds. The lowest BCUT2D eigenvalue weighted by Crippen LogP contribution is -2.17. The molecule has 0 saturated heterocycles. The molecule has 0 aliphatic heterocycles. The predicted molar refractivity (Wildman–Crippen MR) is 212 cm³/mol.